The van der Waals surface area contributed by atoms with E-state index in [1.165, 1.54) is 31.2 Å². The third-order valence-electron chi connectivity index (χ3n) is 3.50. The van der Waals surface area contributed by atoms with Crippen molar-refractivity contribution in [1.82, 2.24) is 0 Å². The largest absolute Gasteiger partial charge is 0.458 e. The van der Waals surface area contributed by atoms with E-state index in [2.05, 4.69) is 21.2 Å². The second kappa shape index (κ2) is 8.05. The van der Waals surface area contributed by atoms with Crippen molar-refractivity contribution in [3.63, 3.8) is 0 Å². The molecule has 0 bridgehead atoms. The maximum Gasteiger partial charge on any atom is 0.336 e. The lowest BCUT2D eigenvalue weighted by Gasteiger charge is -2.07. The minimum absolute atomic E-state index is 0.105. The van der Waals surface area contributed by atoms with E-state index in [9.17, 15) is 14.4 Å². The molecule has 0 radical (unpaired) electrons. The van der Waals surface area contributed by atoms with E-state index in [1.807, 2.05) is 0 Å². The fraction of sp³-hybridized carbons (Fsp3) is 0.105. The Hall–Kier alpha value is -3.13. The summed E-state index contributed by atoms with van der Waals surface area (Å²) >= 11 is 3.17. The minimum atomic E-state index is -0.584. The molecule has 0 saturated heterocycles. The summed E-state index contributed by atoms with van der Waals surface area (Å²) in [4.78, 5) is 34.8. The summed E-state index contributed by atoms with van der Waals surface area (Å²) in [6, 6.07) is 9.55. The van der Waals surface area contributed by atoms with Gasteiger partial charge in [0.2, 0.25) is 5.91 Å². The van der Waals surface area contributed by atoms with Crippen molar-refractivity contribution in [3.05, 3.63) is 68.9 Å². The Balaban J connectivity index is 1.75. The van der Waals surface area contributed by atoms with Crippen molar-refractivity contribution in [3.8, 4) is 0 Å². The Kier molecular flexibility index (Phi) is 5.56. The van der Waals surface area contributed by atoms with Crippen LogP contribution in [0.5, 0.6) is 0 Å². The Morgan fingerprint density at radius 3 is 2.70 bits per heavy atom. The van der Waals surface area contributed by atoms with Crippen molar-refractivity contribution in [2.24, 2.45) is 0 Å². The summed E-state index contributed by atoms with van der Waals surface area (Å²) in [5.41, 5.74) is 0.707. The molecule has 0 aliphatic carbocycles. The molecule has 3 rings (SSSR count). The Bertz CT molecular complexity index is 1100. The average Bonchev–Trinajstić information content (AvgIpc) is 3.02. The summed E-state index contributed by atoms with van der Waals surface area (Å²) in [7, 11) is 0. The number of carbonyl (C=O) groups is 2. The highest BCUT2D eigenvalue weighted by Gasteiger charge is 2.09. The first kappa shape index (κ1) is 18.7. The van der Waals surface area contributed by atoms with Gasteiger partial charge in [-0.2, -0.15) is 0 Å². The van der Waals surface area contributed by atoms with Gasteiger partial charge in [-0.3, -0.25) is 4.79 Å². The molecule has 1 aromatic carbocycles. The fourth-order valence-electron chi connectivity index (χ4n) is 2.40. The number of ether oxygens (including phenoxy) is 1. The van der Waals surface area contributed by atoms with Gasteiger partial charge in [0.1, 0.15) is 18.0 Å². The number of rotatable bonds is 5. The van der Waals surface area contributed by atoms with Crippen LogP contribution in [0.15, 0.2) is 60.8 Å². The number of esters is 1. The van der Waals surface area contributed by atoms with Gasteiger partial charge >= 0.3 is 11.6 Å². The van der Waals surface area contributed by atoms with Crippen LogP contribution in [0.4, 0.5) is 5.69 Å². The van der Waals surface area contributed by atoms with Crippen molar-refractivity contribution >= 4 is 50.5 Å². The van der Waals surface area contributed by atoms with E-state index in [0.29, 0.717) is 27.1 Å². The number of benzene rings is 1. The van der Waals surface area contributed by atoms with Gasteiger partial charge in [-0.25, -0.2) is 9.59 Å². The van der Waals surface area contributed by atoms with Crippen LogP contribution in [0.1, 0.15) is 18.2 Å². The Morgan fingerprint density at radius 1 is 1.19 bits per heavy atom. The fourth-order valence-corrected chi connectivity index (χ4v) is 2.71. The van der Waals surface area contributed by atoms with Crippen molar-refractivity contribution in [2.75, 3.05) is 5.32 Å². The highest BCUT2D eigenvalue weighted by atomic mass is 79.9. The number of hydrogen-bond donors (Lipinski definition) is 1. The molecule has 7 nitrogen and oxygen atoms in total. The molecule has 8 heteroatoms. The number of anilines is 1. The topological polar surface area (TPSA) is 98.7 Å². The molecular weight excluding hydrogens is 418 g/mol. The highest BCUT2D eigenvalue weighted by Crippen LogP contribution is 2.22. The molecule has 0 atom stereocenters. The SMILES string of the molecule is CC(=O)Nc1ccc2c(COC(=O)/C=C\c3ccc(Br)o3)cc(=O)oc2c1. The van der Waals surface area contributed by atoms with Crippen molar-refractivity contribution < 1.29 is 23.2 Å². The number of hydrogen-bond acceptors (Lipinski definition) is 6. The predicted octanol–water partition coefficient (Wildman–Crippen LogP) is 3.86. The van der Waals surface area contributed by atoms with Crippen LogP contribution < -0.4 is 10.9 Å². The molecule has 3 aromatic rings. The van der Waals surface area contributed by atoms with E-state index >= 15 is 0 Å². The maximum atomic E-state index is 11.9. The Morgan fingerprint density at radius 2 is 2.00 bits per heavy atom. The smallest absolute Gasteiger partial charge is 0.336 e. The van der Waals surface area contributed by atoms with Gasteiger partial charge in [0, 0.05) is 41.8 Å². The lowest BCUT2D eigenvalue weighted by molar-refractivity contribution is -0.138. The highest BCUT2D eigenvalue weighted by molar-refractivity contribution is 9.10. The number of nitrogens with one attached hydrogen (secondary N) is 1. The molecule has 0 unspecified atom stereocenters. The van der Waals surface area contributed by atoms with E-state index < -0.39 is 11.6 Å². The third kappa shape index (κ3) is 4.95. The van der Waals surface area contributed by atoms with Crippen molar-refractivity contribution in [1.29, 1.82) is 0 Å². The van der Waals surface area contributed by atoms with Crippen LogP contribution in [-0.2, 0) is 20.9 Å². The molecule has 138 valence electrons. The quantitative estimate of drug-likeness (QED) is 0.374. The summed E-state index contributed by atoms with van der Waals surface area (Å²) in [6.45, 7) is 1.28. The molecule has 0 aliphatic rings. The minimum Gasteiger partial charge on any atom is -0.458 e. The monoisotopic (exact) mass is 431 g/mol. The lowest BCUT2D eigenvalue weighted by atomic mass is 10.1. The summed E-state index contributed by atoms with van der Waals surface area (Å²) in [5, 5.41) is 3.22. The molecule has 1 amide bonds. The van der Waals surface area contributed by atoms with E-state index in [0.717, 1.165) is 0 Å². The molecule has 2 aromatic heterocycles. The van der Waals surface area contributed by atoms with Crippen LogP contribution in [-0.4, -0.2) is 11.9 Å². The first-order chi connectivity index (χ1) is 12.9. The first-order valence-corrected chi connectivity index (χ1v) is 8.64. The normalized spacial score (nSPS) is 11.0. The molecule has 0 aliphatic heterocycles. The molecule has 0 spiro atoms. The molecule has 2 heterocycles. The summed E-state index contributed by atoms with van der Waals surface area (Å²) < 4.78 is 16.1. The van der Waals surface area contributed by atoms with Crippen LogP contribution in [0.2, 0.25) is 0 Å². The third-order valence-corrected chi connectivity index (χ3v) is 3.92. The summed E-state index contributed by atoms with van der Waals surface area (Å²) in [5.74, 6) is -0.328. The summed E-state index contributed by atoms with van der Waals surface area (Å²) in [6.07, 6.45) is 2.71. The molecule has 0 saturated carbocycles. The second-order valence-corrected chi connectivity index (χ2v) is 6.35. The standard InChI is InChI=1S/C19H14BrNO6/c1-11(22)21-13-2-5-15-12(8-19(24)27-16(15)9-13)10-25-18(23)7-4-14-3-6-17(20)26-14/h2-9H,10H2,1H3,(H,21,22)/b7-4-. The zero-order chi connectivity index (χ0) is 19.4. The van der Waals surface area contributed by atoms with E-state index in [1.54, 1.807) is 24.3 Å². The van der Waals surface area contributed by atoms with Gasteiger partial charge < -0.3 is 18.9 Å². The van der Waals surface area contributed by atoms with Crippen LogP contribution >= 0.6 is 15.9 Å². The molecular formula is C19H14BrNO6. The number of halogens is 1. The predicted molar refractivity (Wildman–Crippen MR) is 102 cm³/mol. The lowest BCUT2D eigenvalue weighted by Crippen LogP contribution is -2.07. The second-order valence-electron chi connectivity index (χ2n) is 5.57. The van der Waals surface area contributed by atoms with E-state index in [4.69, 9.17) is 13.6 Å². The van der Waals surface area contributed by atoms with Crippen LogP contribution in [0, 0.1) is 0 Å². The molecule has 1 N–H and O–H groups in total. The van der Waals surface area contributed by atoms with Crippen LogP contribution in [0.25, 0.3) is 17.0 Å². The Labute approximate surface area is 161 Å². The number of fused-ring (bicyclic) bond motifs is 1. The van der Waals surface area contributed by atoms with Crippen LogP contribution in [0.3, 0.4) is 0 Å². The zero-order valence-electron chi connectivity index (χ0n) is 14.2. The van der Waals surface area contributed by atoms with Gasteiger partial charge in [0.25, 0.3) is 0 Å². The number of carbonyl (C=O) groups excluding carboxylic acids is 2. The van der Waals surface area contributed by atoms with Gasteiger partial charge in [0.15, 0.2) is 4.67 Å². The molecule has 0 fully saturated rings. The zero-order valence-corrected chi connectivity index (χ0v) is 15.7. The number of furan rings is 1. The van der Waals surface area contributed by atoms with Gasteiger partial charge in [-0.05, 0) is 46.3 Å². The van der Waals surface area contributed by atoms with Gasteiger partial charge in [-0.15, -0.1) is 0 Å². The average molecular weight is 432 g/mol. The van der Waals surface area contributed by atoms with Gasteiger partial charge in [0.05, 0.1) is 0 Å². The molecule has 27 heavy (non-hydrogen) atoms. The van der Waals surface area contributed by atoms with Gasteiger partial charge in [-0.1, -0.05) is 0 Å². The van der Waals surface area contributed by atoms with Crippen molar-refractivity contribution in [2.45, 2.75) is 13.5 Å². The van der Waals surface area contributed by atoms with E-state index in [-0.39, 0.29) is 18.1 Å². The first-order valence-electron chi connectivity index (χ1n) is 7.85. The maximum absolute atomic E-state index is 11.9. The number of amides is 1.